The van der Waals surface area contributed by atoms with E-state index in [-0.39, 0.29) is 5.82 Å². The highest BCUT2D eigenvalue weighted by atomic mass is 79.9. The van der Waals surface area contributed by atoms with Crippen molar-refractivity contribution in [3.8, 4) is 11.5 Å². The Bertz CT molecular complexity index is 675. The molecule has 2 aromatic carbocycles. The van der Waals surface area contributed by atoms with E-state index in [1.54, 1.807) is 31.4 Å². The minimum atomic E-state index is -0.653. The lowest BCUT2D eigenvalue weighted by molar-refractivity contribution is 0.0650. The molecule has 1 aliphatic heterocycles. The first-order valence-corrected chi connectivity index (χ1v) is 7.35. The van der Waals surface area contributed by atoms with Gasteiger partial charge < -0.3 is 14.6 Å². The quantitative estimate of drug-likeness (QED) is 0.882. The first-order valence-electron chi connectivity index (χ1n) is 6.56. The molecule has 2 aromatic rings. The van der Waals surface area contributed by atoms with Crippen molar-refractivity contribution in [1.29, 1.82) is 0 Å². The Kier molecular flexibility index (Phi) is 3.87. The average molecular weight is 353 g/mol. The smallest absolute Gasteiger partial charge is 0.129 e. The average Bonchev–Trinajstić information content (AvgIpc) is 2.49. The largest absolute Gasteiger partial charge is 0.497 e. The lowest BCUT2D eigenvalue weighted by atomic mass is 9.95. The van der Waals surface area contributed by atoms with Gasteiger partial charge in [0.25, 0.3) is 0 Å². The van der Waals surface area contributed by atoms with E-state index < -0.39 is 12.2 Å². The maximum absolute atomic E-state index is 13.5. The number of rotatable bonds is 2. The normalized spacial score (nSPS) is 20.6. The van der Waals surface area contributed by atoms with Crippen LogP contribution in [0, 0.1) is 5.82 Å². The topological polar surface area (TPSA) is 38.7 Å². The van der Waals surface area contributed by atoms with Crippen LogP contribution in [0.1, 0.15) is 29.8 Å². The van der Waals surface area contributed by atoms with Crippen LogP contribution in [-0.2, 0) is 0 Å². The van der Waals surface area contributed by atoms with Crippen LogP contribution in [0.4, 0.5) is 4.39 Å². The van der Waals surface area contributed by atoms with Gasteiger partial charge in [-0.3, -0.25) is 0 Å². The number of aliphatic hydroxyl groups excluding tert-OH is 1. The number of hydrogen-bond donors (Lipinski definition) is 1. The van der Waals surface area contributed by atoms with Gasteiger partial charge in [-0.25, -0.2) is 4.39 Å². The fraction of sp³-hybridized carbons (Fsp3) is 0.250. The molecular formula is C16H14BrFO3. The Hall–Kier alpha value is -1.59. The summed E-state index contributed by atoms with van der Waals surface area (Å²) in [4.78, 5) is 0. The minimum Gasteiger partial charge on any atom is -0.497 e. The summed E-state index contributed by atoms with van der Waals surface area (Å²) in [6.07, 6.45) is -0.689. The van der Waals surface area contributed by atoms with Crippen LogP contribution in [0.25, 0.3) is 0 Å². The summed E-state index contributed by atoms with van der Waals surface area (Å²) < 4.78 is 25.3. The van der Waals surface area contributed by atoms with Crippen LogP contribution in [0.2, 0.25) is 0 Å². The molecule has 5 heteroatoms. The molecule has 0 fully saturated rings. The Balaban J connectivity index is 1.98. The van der Waals surface area contributed by atoms with Gasteiger partial charge in [0.15, 0.2) is 0 Å². The van der Waals surface area contributed by atoms with Gasteiger partial charge in [-0.2, -0.15) is 0 Å². The SMILES string of the molecule is COc1ccc2c(c1)OC(c1cc(F)ccc1Br)C[C@H]2O. The van der Waals surface area contributed by atoms with Gasteiger partial charge in [0.2, 0.25) is 0 Å². The Morgan fingerprint density at radius 2 is 2.05 bits per heavy atom. The first kappa shape index (κ1) is 14.4. The molecule has 21 heavy (non-hydrogen) atoms. The van der Waals surface area contributed by atoms with Gasteiger partial charge in [-0.05, 0) is 30.3 Å². The molecule has 1 unspecified atom stereocenters. The second kappa shape index (κ2) is 5.66. The first-order chi connectivity index (χ1) is 10.1. The third kappa shape index (κ3) is 2.76. The van der Waals surface area contributed by atoms with Crippen LogP contribution in [0.15, 0.2) is 40.9 Å². The van der Waals surface area contributed by atoms with Crippen molar-refractivity contribution in [2.24, 2.45) is 0 Å². The zero-order valence-corrected chi connectivity index (χ0v) is 12.9. The third-order valence-electron chi connectivity index (χ3n) is 3.59. The second-order valence-corrected chi connectivity index (χ2v) is 5.78. The molecule has 1 aliphatic rings. The number of halogens is 2. The summed E-state index contributed by atoms with van der Waals surface area (Å²) in [5, 5.41) is 10.3. The highest BCUT2D eigenvalue weighted by Gasteiger charge is 2.29. The van der Waals surface area contributed by atoms with E-state index >= 15 is 0 Å². The molecule has 3 rings (SSSR count). The van der Waals surface area contributed by atoms with Crippen LogP contribution in [0.3, 0.4) is 0 Å². The van der Waals surface area contributed by atoms with E-state index in [1.165, 1.54) is 12.1 Å². The number of benzene rings is 2. The van der Waals surface area contributed by atoms with Crippen molar-refractivity contribution < 1.29 is 19.0 Å². The Morgan fingerprint density at radius 1 is 1.24 bits per heavy atom. The molecule has 0 saturated carbocycles. The highest BCUT2D eigenvalue weighted by molar-refractivity contribution is 9.10. The fourth-order valence-electron chi connectivity index (χ4n) is 2.50. The van der Waals surface area contributed by atoms with Gasteiger partial charge in [0, 0.05) is 28.1 Å². The van der Waals surface area contributed by atoms with Crippen LogP contribution in [0.5, 0.6) is 11.5 Å². The van der Waals surface area contributed by atoms with E-state index in [4.69, 9.17) is 9.47 Å². The van der Waals surface area contributed by atoms with E-state index in [2.05, 4.69) is 15.9 Å². The number of ether oxygens (including phenoxy) is 2. The molecule has 3 nitrogen and oxygen atoms in total. The Labute approximate surface area is 130 Å². The summed E-state index contributed by atoms with van der Waals surface area (Å²) in [5.74, 6) is 0.886. The van der Waals surface area contributed by atoms with Crippen molar-refractivity contribution in [1.82, 2.24) is 0 Å². The molecule has 0 saturated heterocycles. The molecule has 2 atom stereocenters. The highest BCUT2D eigenvalue weighted by Crippen LogP contribution is 2.43. The molecule has 0 aromatic heterocycles. The molecule has 1 N–H and O–H groups in total. The maximum Gasteiger partial charge on any atom is 0.129 e. The van der Waals surface area contributed by atoms with Crippen molar-refractivity contribution in [2.45, 2.75) is 18.6 Å². The predicted molar refractivity (Wildman–Crippen MR) is 80.0 cm³/mol. The molecule has 110 valence electrons. The van der Waals surface area contributed by atoms with E-state index in [0.717, 1.165) is 10.0 Å². The van der Waals surface area contributed by atoms with Gasteiger partial charge in [-0.1, -0.05) is 15.9 Å². The lowest BCUT2D eigenvalue weighted by Gasteiger charge is -2.30. The maximum atomic E-state index is 13.5. The van der Waals surface area contributed by atoms with Crippen LogP contribution >= 0.6 is 15.9 Å². The van der Waals surface area contributed by atoms with E-state index in [1.807, 2.05) is 0 Å². The van der Waals surface area contributed by atoms with Crippen molar-refractivity contribution in [3.05, 3.63) is 57.8 Å². The standard InChI is InChI=1S/C16H14BrFO3/c1-20-10-3-4-11-14(19)8-16(21-15(11)7-10)12-6-9(18)2-5-13(12)17/h2-7,14,16,19H,8H2,1H3/t14-,16?/m1/s1. The second-order valence-electron chi connectivity index (χ2n) is 4.93. The van der Waals surface area contributed by atoms with Gasteiger partial charge in [0.1, 0.15) is 23.4 Å². The van der Waals surface area contributed by atoms with Crippen molar-refractivity contribution >= 4 is 15.9 Å². The summed E-state index contributed by atoms with van der Waals surface area (Å²) in [6.45, 7) is 0. The summed E-state index contributed by atoms with van der Waals surface area (Å²) in [5.41, 5.74) is 1.40. The van der Waals surface area contributed by atoms with Gasteiger partial charge in [-0.15, -0.1) is 0 Å². The summed E-state index contributed by atoms with van der Waals surface area (Å²) in [7, 11) is 1.57. The molecular weight excluding hydrogens is 339 g/mol. The van der Waals surface area contributed by atoms with E-state index in [0.29, 0.717) is 23.5 Å². The minimum absolute atomic E-state index is 0.331. The molecule has 0 bridgehead atoms. The van der Waals surface area contributed by atoms with Crippen LogP contribution in [-0.4, -0.2) is 12.2 Å². The number of aliphatic hydroxyl groups is 1. The van der Waals surface area contributed by atoms with Crippen molar-refractivity contribution in [3.63, 3.8) is 0 Å². The van der Waals surface area contributed by atoms with Crippen LogP contribution < -0.4 is 9.47 Å². The van der Waals surface area contributed by atoms with Crippen molar-refractivity contribution in [2.75, 3.05) is 7.11 Å². The predicted octanol–water partition coefficient (Wildman–Crippen LogP) is 4.15. The fourth-order valence-corrected chi connectivity index (χ4v) is 3.00. The monoisotopic (exact) mass is 352 g/mol. The number of methoxy groups -OCH3 is 1. The molecule has 0 spiro atoms. The zero-order chi connectivity index (χ0) is 15.0. The van der Waals surface area contributed by atoms with E-state index in [9.17, 15) is 9.50 Å². The Morgan fingerprint density at radius 3 is 2.81 bits per heavy atom. The molecule has 0 aliphatic carbocycles. The third-order valence-corrected chi connectivity index (χ3v) is 4.31. The zero-order valence-electron chi connectivity index (χ0n) is 11.3. The molecule has 1 heterocycles. The summed E-state index contributed by atoms with van der Waals surface area (Å²) in [6, 6.07) is 9.75. The summed E-state index contributed by atoms with van der Waals surface area (Å²) >= 11 is 3.40. The number of fused-ring (bicyclic) bond motifs is 1. The molecule has 0 radical (unpaired) electrons. The van der Waals surface area contributed by atoms with Gasteiger partial charge in [0.05, 0.1) is 13.2 Å². The lowest BCUT2D eigenvalue weighted by Crippen LogP contribution is -2.19. The molecule has 0 amide bonds. The van der Waals surface area contributed by atoms with Gasteiger partial charge >= 0.3 is 0 Å². The number of hydrogen-bond acceptors (Lipinski definition) is 3.